The Kier molecular flexibility index (Phi) is 2.91. The molecule has 96 valence electrons. The Hall–Kier alpha value is -2.00. The first kappa shape index (κ1) is 12.1. The predicted molar refractivity (Wildman–Crippen MR) is 75.7 cm³/mol. The summed E-state index contributed by atoms with van der Waals surface area (Å²) in [7, 11) is 1.63. The molecule has 0 aliphatic carbocycles. The Morgan fingerprint density at radius 3 is 2.74 bits per heavy atom. The molecule has 0 aliphatic heterocycles. The highest BCUT2D eigenvalue weighted by atomic mass is 35.5. The summed E-state index contributed by atoms with van der Waals surface area (Å²) in [6, 6.07) is 11.3. The van der Waals surface area contributed by atoms with Gasteiger partial charge in [0.05, 0.1) is 7.11 Å². The molecular weight excluding hydrogens is 262 g/mol. The van der Waals surface area contributed by atoms with Gasteiger partial charge in [0.15, 0.2) is 5.58 Å². The van der Waals surface area contributed by atoms with Crippen molar-refractivity contribution in [2.45, 2.75) is 6.92 Å². The zero-order valence-electron chi connectivity index (χ0n) is 10.6. The van der Waals surface area contributed by atoms with Crippen molar-refractivity contribution in [2.75, 3.05) is 7.11 Å². The third-order valence-corrected chi connectivity index (χ3v) is 3.42. The molecule has 0 spiro atoms. The number of aromatic nitrogens is 1. The summed E-state index contributed by atoms with van der Waals surface area (Å²) in [5.41, 5.74) is 3.40. The normalized spacial score (nSPS) is 10.9. The summed E-state index contributed by atoms with van der Waals surface area (Å²) in [5, 5.41) is 0.706. The molecule has 0 saturated heterocycles. The van der Waals surface area contributed by atoms with Gasteiger partial charge in [-0.05, 0) is 36.8 Å². The number of oxazole rings is 1. The first-order valence-corrected chi connectivity index (χ1v) is 6.26. The van der Waals surface area contributed by atoms with Crippen molar-refractivity contribution in [3.8, 4) is 17.2 Å². The van der Waals surface area contributed by atoms with Gasteiger partial charge in [0, 0.05) is 16.7 Å². The van der Waals surface area contributed by atoms with Crippen LogP contribution in [0, 0.1) is 6.92 Å². The highest BCUT2D eigenvalue weighted by molar-refractivity contribution is 6.31. The van der Waals surface area contributed by atoms with E-state index in [0.717, 1.165) is 28.0 Å². The van der Waals surface area contributed by atoms with Gasteiger partial charge in [-0.3, -0.25) is 0 Å². The van der Waals surface area contributed by atoms with Gasteiger partial charge >= 0.3 is 0 Å². The van der Waals surface area contributed by atoms with Crippen molar-refractivity contribution in [3.05, 3.63) is 47.0 Å². The zero-order valence-corrected chi connectivity index (χ0v) is 11.4. The topological polar surface area (TPSA) is 35.3 Å². The maximum absolute atomic E-state index is 6.12. The molecule has 0 atom stereocenters. The van der Waals surface area contributed by atoms with Crippen LogP contribution >= 0.6 is 11.6 Å². The first-order chi connectivity index (χ1) is 9.17. The number of fused-ring (bicyclic) bond motifs is 1. The Bertz CT molecular complexity index is 749. The molecule has 1 aromatic heterocycles. The van der Waals surface area contributed by atoms with E-state index in [-0.39, 0.29) is 0 Å². The quantitative estimate of drug-likeness (QED) is 0.691. The third kappa shape index (κ3) is 2.17. The van der Waals surface area contributed by atoms with Crippen LogP contribution in [0.4, 0.5) is 0 Å². The van der Waals surface area contributed by atoms with Crippen LogP contribution in [-0.2, 0) is 0 Å². The summed E-state index contributed by atoms with van der Waals surface area (Å²) in [5.74, 6) is 1.32. The third-order valence-electron chi connectivity index (χ3n) is 3.01. The summed E-state index contributed by atoms with van der Waals surface area (Å²) < 4.78 is 10.9. The number of nitrogens with zero attached hydrogens (tertiary/aromatic N) is 1. The number of benzene rings is 2. The molecule has 3 aromatic rings. The highest BCUT2D eigenvalue weighted by Crippen LogP contribution is 2.29. The van der Waals surface area contributed by atoms with E-state index in [4.69, 9.17) is 20.8 Å². The molecule has 0 bridgehead atoms. The average molecular weight is 274 g/mol. The number of halogens is 1. The average Bonchev–Trinajstić information content (AvgIpc) is 2.84. The van der Waals surface area contributed by atoms with Crippen LogP contribution in [-0.4, -0.2) is 12.1 Å². The number of ether oxygens (including phenoxy) is 1. The molecule has 1 heterocycles. The molecule has 0 amide bonds. The molecule has 0 N–H and O–H groups in total. The monoisotopic (exact) mass is 273 g/mol. The molecule has 3 rings (SSSR count). The van der Waals surface area contributed by atoms with E-state index in [1.807, 2.05) is 43.3 Å². The Labute approximate surface area is 115 Å². The fourth-order valence-corrected chi connectivity index (χ4v) is 2.06. The van der Waals surface area contributed by atoms with Crippen molar-refractivity contribution >= 4 is 22.7 Å². The zero-order chi connectivity index (χ0) is 13.4. The van der Waals surface area contributed by atoms with Crippen molar-refractivity contribution < 1.29 is 9.15 Å². The number of hydrogen-bond donors (Lipinski definition) is 0. The Morgan fingerprint density at radius 2 is 2.00 bits per heavy atom. The number of rotatable bonds is 2. The molecule has 4 heteroatoms. The molecule has 0 fully saturated rings. The van der Waals surface area contributed by atoms with Gasteiger partial charge < -0.3 is 9.15 Å². The first-order valence-electron chi connectivity index (χ1n) is 5.88. The van der Waals surface area contributed by atoms with Crippen LogP contribution in [0.3, 0.4) is 0 Å². The fourth-order valence-electron chi connectivity index (χ4n) is 1.88. The molecule has 0 unspecified atom stereocenters. The maximum atomic E-state index is 6.12. The second-order valence-electron chi connectivity index (χ2n) is 4.32. The van der Waals surface area contributed by atoms with Crippen LogP contribution in [0.15, 0.2) is 40.8 Å². The number of methoxy groups -OCH3 is 1. The van der Waals surface area contributed by atoms with E-state index in [9.17, 15) is 0 Å². The van der Waals surface area contributed by atoms with Gasteiger partial charge in [-0.1, -0.05) is 17.7 Å². The molecule has 19 heavy (non-hydrogen) atoms. The summed E-state index contributed by atoms with van der Waals surface area (Å²) in [6.07, 6.45) is 0. The molecule has 2 aromatic carbocycles. The van der Waals surface area contributed by atoms with Crippen molar-refractivity contribution in [1.82, 2.24) is 4.98 Å². The van der Waals surface area contributed by atoms with Gasteiger partial charge in [0.1, 0.15) is 11.3 Å². The summed E-state index contributed by atoms with van der Waals surface area (Å²) >= 11 is 6.12. The second kappa shape index (κ2) is 4.59. The van der Waals surface area contributed by atoms with Gasteiger partial charge in [0.2, 0.25) is 5.89 Å². The van der Waals surface area contributed by atoms with E-state index >= 15 is 0 Å². The van der Waals surface area contributed by atoms with Crippen LogP contribution < -0.4 is 4.74 Å². The van der Waals surface area contributed by atoms with Crippen LogP contribution in [0.1, 0.15) is 5.56 Å². The molecule has 3 nitrogen and oxygen atoms in total. The fraction of sp³-hybridized carbons (Fsp3) is 0.133. The van der Waals surface area contributed by atoms with Crippen molar-refractivity contribution in [3.63, 3.8) is 0 Å². The van der Waals surface area contributed by atoms with E-state index in [0.29, 0.717) is 10.9 Å². The Balaban J connectivity index is 2.11. The summed E-state index contributed by atoms with van der Waals surface area (Å²) in [4.78, 5) is 4.46. The lowest BCUT2D eigenvalue weighted by Gasteiger charge is -1.99. The minimum Gasteiger partial charge on any atom is -0.497 e. The summed E-state index contributed by atoms with van der Waals surface area (Å²) in [6.45, 7) is 1.96. The standard InChI is InChI=1S/C15H12ClNO2/c1-9-3-4-10(7-12(9)16)15-17-13-8-11(18-2)5-6-14(13)19-15/h3-8H,1-2H3. The second-order valence-corrected chi connectivity index (χ2v) is 4.72. The van der Waals surface area contributed by atoms with E-state index in [1.165, 1.54) is 0 Å². The SMILES string of the molecule is COc1ccc2oc(-c3ccc(C)c(Cl)c3)nc2c1. The minimum absolute atomic E-state index is 0.560. The molecular formula is C15H12ClNO2. The van der Waals surface area contributed by atoms with Crippen molar-refractivity contribution in [2.24, 2.45) is 0 Å². The van der Waals surface area contributed by atoms with E-state index in [1.54, 1.807) is 7.11 Å². The van der Waals surface area contributed by atoms with Crippen molar-refractivity contribution in [1.29, 1.82) is 0 Å². The molecule has 0 aliphatic rings. The lowest BCUT2D eigenvalue weighted by atomic mass is 10.1. The van der Waals surface area contributed by atoms with Gasteiger partial charge in [-0.15, -0.1) is 0 Å². The molecule has 0 radical (unpaired) electrons. The Morgan fingerprint density at radius 1 is 1.16 bits per heavy atom. The highest BCUT2D eigenvalue weighted by Gasteiger charge is 2.10. The lowest BCUT2D eigenvalue weighted by molar-refractivity contribution is 0.415. The molecule has 0 saturated carbocycles. The predicted octanol–water partition coefficient (Wildman–Crippen LogP) is 4.47. The largest absolute Gasteiger partial charge is 0.497 e. The van der Waals surface area contributed by atoms with Crippen LogP contribution in [0.5, 0.6) is 5.75 Å². The number of aryl methyl sites for hydroxylation is 1. The minimum atomic E-state index is 0.560. The number of hydrogen-bond acceptors (Lipinski definition) is 3. The lowest BCUT2D eigenvalue weighted by Crippen LogP contribution is -1.81. The smallest absolute Gasteiger partial charge is 0.227 e. The van der Waals surface area contributed by atoms with Gasteiger partial charge in [-0.2, -0.15) is 0 Å². The van der Waals surface area contributed by atoms with E-state index in [2.05, 4.69) is 4.98 Å². The van der Waals surface area contributed by atoms with Crippen LogP contribution in [0.2, 0.25) is 5.02 Å². The van der Waals surface area contributed by atoms with Gasteiger partial charge in [-0.25, -0.2) is 4.98 Å². The van der Waals surface area contributed by atoms with Crippen LogP contribution in [0.25, 0.3) is 22.6 Å². The van der Waals surface area contributed by atoms with E-state index < -0.39 is 0 Å². The van der Waals surface area contributed by atoms with Gasteiger partial charge in [0.25, 0.3) is 0 Å². The maximum Gasteiger partial charge on any atom is 0.227 e.